The zero-order chi connectivity index (χ0) is 22.9. The Hall–Kier alpha value is -2.12. The van der Waals surface area contributed by atoms with Gasteiger partial charge in [-0.05, 0) is 59.2 Å². The molecule has 3 amide bonds. The third-order valence-electron chi connectivity index (χ3n) is 7.51. The molecule has 1 spiro atoms. The summed E-state index contributed by atoms with van der Waals surface area (Å²) in [6.45, 7) is 5.64. The van der Waals surface area contributed by atoms with E-state index < -0.39 is 5.41 Å². The molecule has 7 heteroatoms. The highest BCUT2D eigenvalue weighted by Crippen LogP contribution is 2.49. The number of urea groups is 1. The van der Waals surface area contributed by atoms with Gasteiger partial charge in [0.05, 0.1) is 17.6 Å². The van der Waals surface area contributed by atoms with E-state index in [1.165, 1.54) is 5.56 Å². The van der Waals surface area contributed by atoms with Crippen LogP contribution in [0.1, 0.15) is 45.1 Å². The van der Waals surface area contributed by atoms with Crippen molar-refractivity contribution < 1.29 is 14.3 Å². The Morgan fingerprint density at radius 3 is 2.29 bits per heavy atom. The van der Waals surface area contributed by atoms with Crippen LogP contribution in [0.2, 0.25) is 0 Å². The number of hydrogen-bond donors (Lipinski definition) is 1. The largest absolute Gasteiger partial charge is 0.383 e. The number of hydrogen-bond acceptors (Lipinski definition) is 4. The van der Waals surface area contributed by atoms with E-state index in [4.69, 9.17) is 10.5 Å². The van der Waals surface area contributed by atoms with E-state index in [-0.39, 0.29) is 23.0 Å². The lowest BCUT2D eigenvalue weighted by molar-refractivity contribution is -0.126. The fraction of sp³-hybridized carbons (Fsp3) is 0.667. The van der Waals surface area contributed by atoms with Gasteiger partial charge in [0, 0.05) is 32.3 Å². The van der Waals surface area contributed by atoms with E-state index in [0.29, 0.717) is 26.2 Å². The van der Waals surface area contributed by atoms with Crippen LogP contribution >= 0.6 is 0 Å². The molecule has 172 valence electrons. The molecule has 31 heavy (non-hydrogen) atoms. The summed E-state index contributed by atoms with van der Waals surface area (Å²) in [4.78, 5) is 31.4. The number of carbonyl (C=O) groups excluding carboxylic acids is 2. The molecule has 1 saturated heterocycles. The lowest BCUT2D eigenvalue weighted by Crippen LogP contribution is -2.56. The van der Waals surface area contributed by atoms with Gasteiger partial charge in [-0.1, -0.05) is 30.3 Å². The SMILES string of the molecule is COCCN1C(=O)N(CC(C)(C)C(N)=O)C[C@]12CC[C@@](c1ccccc1)(N(C)C)CC2. The fourth-order valence-corrected chi connectivity index (χ4v) is 5.38. The van der Waals surface area contributed by atoms with Crippen LogP contribution in [-0.2, 0) is 15.1 Å². The zero-order valence-corrected chi connectivity index (χ0v) is 19.7. The molecule has 1 aromatic rings. The second kappa shape index (κ2) is 8.79. The summed E-state index contributed by atoms with van der Waals surface area (Å²) in [6.07, 6.45) is 3.74. The van der Waals surface area contributed by atoms with Gasteiger partial charge in [-0.15, -0.1) is 0 Å². The lowest BCUT2D eigenvalue weighted by atomic mass is 9.68. The molecule has 1 aromatic carbocycles. The first-order valence-electron chi connectivity index (χ1n) is 11.2. The predicted octanol–water partition coefficient (Wildman–Crippen LogP) is 2.65. The van der Waals surface area contributed by atoms with Crippen molar-refractivity contribution in [2.24, 2.45) is 11.1 Å². The van der Waals surface area contributed by atoms with Crippen LogP contribution in [0, 0.1) is 5.41 Å². The van der Waals surface area contributed by atoms with Gasteiger partial charge < -0.3 is 20.3 Å². The molecule has 2 N–H and O–H groups in total. The van der Waals surface area contributed by atoms with E-state index in [0.717, 1.165) is 25.7 Å². The maximum Gasteiger partial charge on any atom is 0.320 e. The van der Waals surface area contributed by atoms with Crippen LogP contribution in [0.5, 0.6) is 0 Å². The molecule has 2 fully saturated rings. The van der Waals surface area contributed by atoms with Gasteiger partial charge in [0.2, 0.25) is 5.91 Å². The van der Waals surface area contributed by atoms with E-state index in [2.05, 4.69) is 49.3 Å². The smallest absolute Gasteiger partial charge is 0.320 e. The number of amides is 3. The maximum absolute atomic E-state index is 13.4. The van der Waals surface area contributed by atoms with Crippen molar-refractivity contribution in [1.82, 2.24) is 14.7 Å². The second-order valence-corrected chi connectivity index (χ2v) is 10.0. The summed E-state index contributed by atoms with van der Waals surface area (Å²) >= 11 is 0. The molecule has 0 aromatic heterocycles. The lowest BCUT2D eigenvalue weighted by Gasteiger charge is -2.51. The molecule has 7 nitrogen and oxygen atoms in total. The van der Waals surface area contributed by atoms with Crippen molar-refractivity contribution >= 4 is 11.9 Å². The predicted molar refractivity (Wildman–Crippen MR) is 122 cm³/mol. The van der Waals surface area contributed by atoms with Crippen LogP contribution < -0.4 is 5.73 Å². The van der Waals surface area contributed by atoms with Gasteiger partial charge in [-0.25, -0.2) is 4.79 Å². The number of rotatable bonds is 8. The number of nitrogens with two attached hydrogens (primary N) is 1. The molecular formula is C24H38N4O3. The van der Waals surface area contributed by atoms with Gasteiger partial charge in [-0.3, -0.25) is 9.69 Å². The average Bonchev–Trinajstić information content (AvgIpc) is 2.97. The topological polar surface area (TPSA) is 79.1 Å². The monoisotopic (exact) mass is 430 g/mol. The first-order chi connectivity index (χ1) is 14.6. The van der Waals surface area contributed by atoms with Gasteiger partial charge >= 0.3 is 6.03 Å². The summed E-state index contributed by atoms with van der Waals surface area (Å²) in [6, 6.07) is 10.7. The molecule has 1 heterocycles. The van der Waals surface area contributed by atoms with Crippen LogP contribution in [0.3, 0.4) is 0 Å². The van der Waals surface area contributed by atoms with Crippen molar-refractivity contribution in [1.29, 1.82) is 0 Å². The van der Waals surface area contributed by atoms with Gasteiger partial charge in [0.25, 0.3) is 0 Å². The second-order valence-electron chi connectivity index (χ2n) is 10.0. The molecule has 0 unspecified atom stereocenters. The average molecular weight is 431 g/mol. The Labute approximate surface area is 186 Å². The van der Waals surface area contributed by atoms with Crippen LogP contribution in [0.25, 0.3) is 0 Å². The molecule has 0 radical (unpaired) electrons. The summed E-state index contributed by atoms with van der Waals surface area (Å²) in [5.41, 5.74) is 5.88. The number of carbonyl (C=O) groups is 2. The highest BCUT2D eigenvalue weighted by atomic mass is 16.5. The molecule has 0 atom stereocenters. The van der Waals surface area contributed by atoms with Crippen molar-refractivity contribution in [2.75, 3.05) is 47.4 Å². The summed E-state index contributed by atoms with van der Waals surface area (Å²) in [5, 5.41) is 0. The standard InChI is InChI=1S/C24H38N4O3/c1-22(2,20(25)29)17-27-18-23(28(21(27)30)15-16-31-5)11-13-24(14-12-23,26(3)4)19-9-7-6-8-10-19/h6-10H,11-18H2,1-5H3,(H2,25,29)/t23-,24-. The van der Waals surface area contributed by atoms with Crippen molar-refractivity contribution in [2.45, 2.75) is 50.6 Å². The van der Waals surface area contributed by atoms with Crippen molar-refractivity contribution in [3.8, 4) is 0 Å². The zero-order valence-electron chi connectivity index (χ0n) is 19.7. The first-order valence-corrected chi connectivity index (χ1v) is 11.2. The van der Waals surface area contributed by atoms with Gasteiger partial charge in [-0.2, -0.15) is 0 Å². The Morgan fingerprint density at radius 1 is 1.16 bits per heavy atom. The van der Waals surface area contributed by atoms with Crippen molar-refractivity contribution in [3.63, 3.8) is 0 Å². The number of benzene rings is 1. The molecule has 2 aliphatic rings. The number of nitrogens with zero attached hydrogens (tertiary/aromatic N) is 3. The van der Waals surface area contributed by atoms with E-state index in [9.17, 15) is 9.59 Å². The minimum Gasteiger partial charge on any atom is -0.383 e. The number of primary amides is 1. The number of methoxy groups -OCH3 is 1. The Kier molecular flexibility index (Phi) is 6.67. The minimum absolute atomic E-state index is 0.0107. The molecular weight excluding hydrogens is 392 g/mol. The molecule has 1 saturated carbocycles. The Bertz CT molecular complexity index is 785. The van der Waals surface area contributed by atoms with Crippen molar-refractivity contribution in [3.05, 3.63) is 35.9 Å². The molecule has 3 rings (SSSR count). The van der Waals surface area contributed by atoms with Crippen LogP contribution in [0.15, 0.2) is 30.3 Å². The summed E-state index contributed by atoms with van der Waals surface area (Å²) < 4.78 is 5.31. The van der Waals surface area contributed by atoms with E-state index in [1.54, 1.807) is 21.0 Å². The van der Waals surface area contributed by atoms with E-state index in [1.807, 2.05) is 9.80 Å². The molecule has 1 aliphatic heterocycles. The van der Waals surface area contributed by atoms with E-state index >= 15 is 0 Å². The number of ether oxygens (including phenoxy) is 1. The fourth-order valence-electron chi connectivity index (χ4n) is 5.38. The van der Waals surface area contributed by atoms with Crippen LogP contribution in [-0.4, -0.2) is 79.6 Å². The highest BCUT2D eigenvalue weighted by molar-refractivity contribution is 5.83. The third-order valence-corrected chi connectivity index (χ3v) is 7.51. The quantitative estimate of drug-likeness (QED) is 0.688. The first kappa shape index (κ1) is 23.5. The van der Waals surface area contributed by atoms with Gasteiger partial charge in [0.1, 0.15) is 0 Å². The highest BCUT2D eigenvalue weighted by Gasteiger charge is 2.55. The third kappa shape index (κ3) is 4.30. The molecule has 0 bridgehead atoms. The Morgan fingerprint density at radius 2 is 1.77 bits per heavy atom. The van der Waals surface area contributed by atoms with Crippen LogP contribution in [0.4, 0.5) is 4.79 Å². The normalized spacial score (nSPS) is 26.8. The summed E-state index contributed by atoms with van der Waals surface area (Å²) in [5.74, 6) is -0.385. The van der Waals surface area contributed by atoms with Gasteiger partial charge in [0.15, 0.2) is 0 Å². The Balaban J connectivity index is 1.87. The summed E-state index contributed by atoms with van der Waals surface area (Å²) in [7, 11) is 5.96. The maximum atomic E-state index is 13.4. The minimum atomic E-state index is -0.764. The molecule has 1 aliphatic carbocycles.